The van der Waals surface area contributed by atoms with Crippen molar-refractivity contribution in [3.63, 3.8) is 0 Å². The first-order valence-electron chi connectivity index (χ1n) is 8.30. The van der Waals surface area contributed by atoms with Crippen LogP contribution in [-0.2, 0) is 22.6 Å². The summed E-state index contributed by atoms with van der Waals surface area (Å²) in [6.45, 7) is 1.21. The van der Waals surface area contributed by atoms with Crippen LogP contribution in [0.3, 0.4) is 0 Å². The molecule has 0 aliphatic carbocycles. The minimum Gasteiger partial charge on any atom is -0.378 e. The molecule has 7 heteroatoms. The SMILES string of the molecule is CN(C)c1cccc(CNC(=O)Cc2csc(N3CCCC3=O)n2)c1. The van der Waals surface area contributed by atoms with E-state index >= 15 is 0 Å². The van der Waals surface area contributed by atoms with Gasteiger partial charge < -0.3 is 10.2 Å². The highest BCUT2D eigenvalue weighted by atomic mass is 32.1. The van der Waals surface area contributed by atoms with Gasteiger partial charge in [-0.05, 0) is 24.1 Å². The minimum atomic E-state index is -0.0696. The Morgan fingerprint density at radius 2 is 2.24 bits per heavy atom. The Labute approximate surface area is 151 Å². The number of rotatable bonds is 6. The van der Waals surface area contributed by atoms with E-state index in [1.807, 2.05) is 42.6 Å². The fourth-order valence-corrected chi connectivity index (χ4v) is 3.59. The topological polar surface area (TPSA) is 65.5 Å². The van der Waals surface area contributed by atoms with Crippen LogP contribution in [0.2, 0.25) is 0 Å². The molecule has 6 nitrogen and oxygen atoms in total. The first-order chi connectivity index (χ1) is 12.0. The van der Waals surface area contributed by atoms with Gasteiger partial charge in [0.15, 0.2) is 5.13 Å². The minimum absolute atomic E-state index is 0.0696. The maximum Gasteiger partial charge on any atom is 0.228 e. The molecule has 1 aliphatic rings. The van der Waals surface area contributed by atoms with Crippen molar-refractivity contribution in [3.05, 3.63) is 40.9 Å². The van der Waals surface area contributed by atoms with Gasteiger partial charge in [-0.25, -0.2) is 4.98 Å². The number of carbonyl (C=O) groups is 2. The van der Waals surface area contributed by atoms with Crippen LogP contribution in [0.15, 0.2) is 29.6 Å². The second-order valence-electron chi connectivity index (χ2n) is 6.29. The van der Waals surface area contributed by atoms with E-state index in [1.165, 1.54) is 11.3 Å². The van der Waals surface area contributed by atoms with Gasteiger partial charge in [-0.1, -0.05) is 12.1 Å². The zero-order chi connectivity index (χ0) is 17.8. The van der Waals surface area contributed by atoms with Crippen LogP contribution in [0, 0.1) is 0 Å². The lowest BCUT2D eigenvalue weighted by molar-refractivity contribution is -0.120. The molecule has 1 N–H and O–H groups in total. The van der Waals surface area contributed by atoms with Gasteiger partial charge in [-0.15, -0.1) is 11.3 Å². The molecule has 2 amide bonds. The van der Waals surface area contributed by atoms with E-state index in [0.717, 1.165) is 24.2 Å². The molecule has 1 fully saturated rings. The average molecular weight is 358 g/mol. The summed E-state index contributed by atoms with van der Waals surface area (Å²) in [7, 11) is 3.98. The first-order valence-corrected chi connectivity index (χ1v) is 9.18. The Morgan fingerprint density at radius 1 is 1.40 bits per heavy atom. The molecule has 0 bridgehead atoms. The van der Waals surface area contributed by atoms with Crippen molar-refractivity contribution in [2.24, 2.45) is 0 Å². The Balaban J connectivity index is 1.54. The number of anilines is 2. The van der Waals surface area contributed by atoms with Crippen molar-refractivity contribution in [2.45, 2.75) is 25.8 Å². The molecule has 0 atom stereocenters. The Hall–Kier alpha value is -2.41. The fourth-order valence-electron chi connectivity index (χ4n) is 2.72. The molecule has 3 rings (SSSR count). The highest BCUT2D eigenvalue weighted by molar-refractivity contribution is 7.14. The average Bonchev–Trinajstić information content (AvgIpc) is 3.22. The van der Waals surface area contributed by atoms with Gasteiger partial charge in [0, 0.05) is 44.7 Å². The Morgan fingerprint density at radius 3 is 2.96 bits per heavy atom. The lowest BCUT2D eigenvalue weighted by Crippen LogP contribution is -2.25. The number of amides is 2. The van der Waals surface area contributed by atoms with Crippen LogP contribution in [0.1, 0.15) is 24.1 Å². The van der Waals surface area contributed by atoms with Crippen LogP contribution >= 0.6 is 11.3 Å². The quantitative estimate of drug-likeness (QED) is 0.860. The van der Waals surface area contributed by atoms with Crippen molar-refractivity contribution in [1.29, 1.82) is 0 Å². The third-order valence-electron chi connectivity index (χ3n) is 4.10. The second-order valence-corrected chi connectivity index (χ2v) is 7.12. The van der Waals surface area contributed by atoms with Gasteiger partial charge in [0.25, 0.3) is 0 Å². The molecule has 2 aromatic rings. The summed E-state index contributed by atoms with van der Waals surface area (Å²) in [5, 5.41) is 5.48. The molecule has 132 valence electrons. The maximum absolute atomic E-state index is 12.2. The van der Waals surface area contributed by atoms with Crippen LogP contribution < -0.4 is 15.1 Å². The lowest BCUT2D eigenvalue weighted by Gasteiger charge is -2.13. The van der Waals surface area contributed by atoms with Crippen molar-refractivity contribution < 1.29 is 9.59 Å². The van der Waals surface area contributed by atoms with E-state index in [0.29, 0.717) is 23.8 Å². The monoisotopic (exact) mass is 358 g/mol. The van der Waals surface area contributed by atoms with E-state index in [1.54, 1.807) is 4.90 Å². The number of benzene rings is 1. The van der Waals surface area contributed by atoms with E-state index in [9.17, 15) is 9.59 Å². The van der Waals surface area contributed by atoms with Crippen molar-refractivity contribution >= 4 is 34.0 Å². The number of nitrogens with one attached hydrogen (secondary N) is 1. The molecule has 25 heavy (non-hydrogen) atoms. The molecule has 2 heterocycles. The maximum atomic E-state index is 12.2. The van der Waals surface area contributed by atoms with Gasteiger partial charge >= 0.3 is 0 Å². The van der Waals surface area contributed by atoms with Crippen molar-refractivity contribution in [1.82, 2.24) is 10.3 Å². The number of thiazole rings is 1. The van der Waals surface area contributed by atoms with E-state index in [2.05, 4.69) is 16.4 Å². The molecule has 1 aromatic carbocycles. The molecule has 0 saturated carbocycles. The zero-order valence-corrected chi connectivity index (χ0v) is 15.3. The molecule has 1 saturated heterocycles. The number of nitrogens with zero attached hydrogens (tertiary/aromatic N) is 3. The molecular formula is C18H22N4O2S. The summed E-state index contributed by atoms with van der Waals surface area (Å²) in [5.41, 5.74) is 2.87. The van der Waals surface area contributed by atoms with Crippen LogP contribution in [0.5, 0.6) is 0 Å². The van der Waals surface area contributed by atoms with Gasteiger partial charge in [-0.2, -0.15) is 0 Å². The predicted octanol–water partition coefficient (Wildman–Crippen LogP) is 2.19. The number of aromatic nitrogens is 1. The summed E-state index contributed by atoms with van der Waals surface area (Å²) >= 11 is 1.42. The van der Waals surface area contributed by atoms with Gasteiger partial charge in [0.2, 0.25) is 11.8 Å². The summed E-state index contributed by atoms with van der Waals surface area (Å²) in [5.74, 6) is 0.0472. The highest BCUT2D eigenvalue weighted by Gasteiger charge is 2.24. The summed E-state index contributed by atoms with van der Waals surface area (Å²) < 4.78 is 0. The van der Waals surface area contributed by atoms with Crippen molar-refractivity contribution in [3.8, 4) is 0 Å². The number of carbonyl (C=O) groups excluding carboxylic acids is 2. The van der Waals surface area contributed by atoms with Gasteiger partial charge in [-0.3, -0.25) is 14.5 Å². The van der Waals surface area contributed by atoms with E-state index in [4.69, 9.17) is 0 Å². The van der Waals surface area contributed by atoms with Crippen LogP contribution in [-0.4, -0.2) is 37.4 Å². The Bertz CT molecular complexity index is 772. The third-order valence-corrected chi connectivity index (χ3v) is 5.01. The Kier molecular flexibility index (Phi) is 5.33. The molecule has 1 aliphatic heterocycles. The van der Waals surface area contributed by atoms with Crippen LogP contribution in [0.25, 0.3) is 0 Å². The molecule has 1 aromatic heterocycles. The summed E-state index contributed by atoms with van der Waals surface area (Å²) in [6, 6.07) is 8.06. The molecular weight excluding hydrogens is 336 g/mol. The smallest absolute Gasteiger partial charge is 0.228 e. The lowest BCUT2D eigenvalue weighted by atomic mass is 10.2. The van der Waals surface area contributed by atoms with Gasteiger partial charge in [0.05, 0.1) is 12.1 Å². The fraction of sp³-hybridized carbons (Fsp3) is 0.389. The normalized spacial score (nSPS) is 14.0. The van der Waals surface area contributed by atoms with Crippen molar-refractivity contribution in [2.75, 3.05) is 30.4 Å². The van der Waals surface area contributed by atoms with Gasteiger partial charge in [0.1, 0.15) is 0 Å². The van der Waals surface area contributed by atoms with E-state index in [-0.39, 0.29) is 18.2 Å². The standard InChI is InChI=1S/C18H22N4O2S/c1-21(2)15-6-3-5-13(9-15)11-19-16(23)10-14-12-25-18(20-14)22-8-4-7-17(22)24/h3,5-6,9,12H,4,7-8,10-11H2,1-2H3,(H,19,23). The number of hydrogen-bond donors (Lipinski definition) is 1. The first kappa shape index (κ1) is 17.4. The molecule has 0 radical (unpaired) electrons. The second kappa shape index (κ2) is 7.65. The largest absolute Gasteiger partial charge is 0.378 e. The summed E-state index contributed by atoms with van der Waals surface area (Å²) in [6.07, 6.45) is 1.69. The van der Waals surface area contributed by atoms with Crippen LogP contribution in [0.4, 0.5) is 10.8 Å². The third kappa shape index (κ3) is 4.36. The predicted molar refractivity (Wildman–Crippen MR) is 100 cm³/mol. The number of hydrogen-bond acceptors (Lipinski definition) is 5. The highest BCUT2D eigenvalue weighted by Crippen LogP contribution is 2.25. The molecule has 0 unspecified atom stereocenters. The summed E-state index contributed by atoms with van der Waals surface area (Å²) in [4.78, 5) is 32.1. The van der Waals surface area contributed by atoms with E-state index < -0.39 is 0 Å². The zero-order valence-electron chi connectivity index (χ0n) is 14.5. The molecule has 0 spiro atoms.